The SMILES string of the molecule is CC1=C(C)C(C)[C]([Hf]([C]2=C(C[Si](C)(C)C)C=CC2)[SiH](c2ccccc2)c2ccccc2)=C1C.Cl.Cl. The van der Waals surface area contributed by atoms with Crippen LogP contribution in [0.2, 0.25) is 25.7 Å². The van der Waals surface area contributed by atoms with Crippen LogP contribution in [-0.4, -0.2) is 14.1 Å². The Balaban J connectivity index is 0.00000216. The van der Waals surface area contributed by atoms with Gasteiger partial charge in [-0.15, -0.1) is 24.8 Å². The smallest absolute Gasteiger partial charge is 0.147 e. The van der Waals surface area contributed by atoms with Crippen molar-refractivity contribution in [3.8, 4) is 0 Å². The molecule has 0 spiro atoms. The van der Waals surface area contributed by atoms with E-state index in [1.807, 2.05) is 6.66 Å². The van der Waals surface area contributed by atoms with Crippen molar-refractivity contribution in [1.82, 2.24) is 0 Å². The van der Waals surface area contributed by atoms with Crippen LogP contribution in [0.15, 0.2) is 102 Å². The largest absolute Gasteiger partial charge is 0.147 e. The Hall–Kier alpha value is -0.716. The van der Waals surface area contributed by atoms with Crippen LogP contribution in [0.3, 0.4) is 0 Å². The average Bonchev–Trinajstić information content (AvgIpc) is 3.31. The quantitative estimate of drug-likeness (QED) is 0.258. The molecule has 0 amide bonds. The first-order chi connectivity index (χ1) is 15.7. The van der Waals surface area contributed by atoms with Gasteiger partial charge in [0, 0.05) is 0 Å². The van der Waals surface area contributed by atoms with Crippen molar-refractivity contribution in [3.05, 3.63) is 102 Å². The van der Waals surface area contributed by atoms with Crippen molar-refractivity contribution >= 4 is 49.2 Å². The zero-order valence-corrected chi connectivity index (χ0v) is 29.7. The minimum absolute atomic E-state index is 0. The van der Waals surface area contributed by atoms with E-state index < -0.39 is 34.7 Å². The van der Waals surface area contributed by atoms with Gasteiger partial charge in [0.2, 0.25) is 0 Å². The maximum absolute atomic E-state index is 2.54. The molecule has 187 valence electrons. The molecule has 4 rings (SSSR count). The van der Waals surface area contributed by atoms with Crippen molar-refractivity contribution in [2.24, 2.45) is 5.92 Å². The van der Waals surface area contributed by atoms with E-state index in [1.54, 1.807) is 32.7 Å². The van der Waals surface area contributed by atoms with Gasteiger partial charge in [0.05, 0.1) is 0 Å². The van der Waals surface area contributed by atoms with Crippen molar-refractivity contribution in [3.63, 3.8) is 0 Å². The molecule has 0 N–H and O–H groups in total. The number of allylic oxidation sites excluding steroid dienone is 8. The van der Waals surface area contributed by atoms with Gasteiger partial charge in [0.1, 0.15) is 0 Å². The van der Waals surface area contributed by atoms with Crippen molar-refractivity contribution in [2.45, 2.75) is 59.8 Å². The van der Waals surface area contributed by atoms with Crippen LogP contribution in [0, 0.1) is 5.92 Å². The Bertz CT molecular complexity index is 1100. The number of rotatable bonds is 7. The van der Waals surface area contributed by atoms with Gasteiger partial charge in [-0.2, -0.15) is 0 Å². The molecule has 2 aliphatic carbocycles. The Kier molecular flexibility index (Phi) is 11.1. The van der Waals surface area contributed by atoms with E-state index in [1.165, 1.54) is 12.5 Å². The molecule has 0 aromatic heterocycles. The van der Waals surface area contributed by atoms with Gasteiger partial charge in [-0.1, -0.05) is 0 Å². The Morgan fingerprint density at radius 3 is 1.77 bits per heavy atom. The summed E-state index contributed by atoms with van der Waals surface area (Å²) in [5.74, 6) is -0.742. The monoisotopic (exact) mass is 707 g/mol. The zero-order valence-electron chi connectivity index (χ0n) is 22.3. The third kappa shape index (κ3) is 6.59. The standard InChI is InChI=1S/C12H11Si.C9H15Si.C9H13.2ClH.Hf/c1-3-7-11(8-4-1)13-12-9-5-2-6-10-12;1-10(2,3)8-9-6-4-5-7-9;1-6-5-7(2)9(4)8(6)3;;;/h1-10,13H;4,6H,5,8H2,1-3H3;6H,1-4H3;2*1H;. The van der Waals surface area contributed by atoms with Crippen LogP contribution in [0.4, 0.5) is 0 Å². The maximum Gasteiger partial charge on any atom is -0.147 e. The summed E-state index contributed by atoms with van der Waals surface area (Å²) in [5.41, 5.74) is 6.60. The predicted molar refractivity (Wildman–Crippen MR) is 163 cm³/mol. The molecule has 0 saturated carbocycles. The van der Waals surface area contributed by atoms with Gasteiger partial charge < -0.3 is 0 Å². The molecule has 0 aliphatic heterocycles. The maximum atomic E-state index is 2.54. The summed E-state index contributed by atoms with van der Waals surface area (Å²) in [4.78, 5) is 0. The molecular weight excluding hydrogens is 666 g/mol. The fraction of sp³-hybridized carbons (Fsp3) is 0.333. The molecule has 0 heterocycles. The van der Waals surface area contributed by atoms with E-state index in [-0.39, 0.29) is 24.8 Å². The first-order valence-electron chi connectivity index (χ1n) is 12.4. The Labute approximate surface area is 235 Å². The minimum Gasteiger partial charge on any atom is -0.147 e. The number of benzene rings is 2. The van der Waals surface area contributed by atoms with Crippen LogP contribution in [-0.2, 0) is 20.6 Å². The third-order valence-electron chi connectivity index (χ3n) is 7.56. The Morgan fingerprint density at radius 2 is 1.34 bits per heavy atom. The van der Waals surface area contributed by atoms with Crippen LogP contribution in [0.25, 0.3) is 0 Å². The number of hydrogen-bond donors (Lipinski definition) is 0. The van der Waals surface area contributed by atoms with Crippen molar-refractivity contribution < 1.29 is 20.6 Å². The van der Waals surface area contributed by atoms with E-state index in [0.717, 1.165) is 0 Å². The van der Waals surface area contributed by atoms with Crippen LogP contribution in [0.1, 0.15) is 34.1 Å². The second kappa shape index (κ2) is 12.7. The van der Waals surface area contributed by atoms with Crippen LogP contribution < -0.4 is 10.4 Å². The third-order valence-corrected chi connectivity index (χ3v) is 39.7. The van der Waals surface area contributed by atoms with Crippen LogP contribution in [0.5, 0.6) is 0 Å². The molecule has 0 saturated heterocycles. The molecule has 0 nitrogen and oxygen atoms in total. The predicted octanol–water partition coefficient (Wildman–Crippen LogP) is 7.80. The normalized spacial score (nSPS) is 17.8. The average molecular weight is 707 g/mol. The minimum atomic E-state index is -2.47. The summed E-state index contributed by atoms with van der Waals surface area (Å²) in [5, 5.41) is 3.32. The summed E-state index contributed by atoms with van der Waals surface area (Å²) in [6.07, 6.45) is 6.24. The molecule has 2 aliphatic rings. The van der Waals surface area contributed by atoms with Gasteiger partial charge in [-0.25, -0.2) is 0 Å². The van der Waals surface area contributed by atoms with Crippen molar-refractivity contribution in [1.29, 1.82) is 0 Å². The van der Waals surface area contributed by atoms with E-state index >= 15 is 0 Å². The second-order valence-electron chi connectivity index (χ2n) is 11.1. The van der Waals surface area contributed by atoms with E-state index in [9.17, 15) is 0 Å². The summed E-state index contributed by atoms with van der Waals surface area (Å²) >= 11 is -2.47. The first-order valence-corrected chi connectivity index (χ1v) is 27.7. The Morgan fingerprint density at radius 1 is 0.829 bits per heavy atom. The molecule has 5 heteroatoms. The molecule has 0 fully saturated rings. The van der Waals surface area contributed by atoms with Gasteiger partial charge in [0.25, 0.3) is 0 Å². The van der Waals surface area contributed by atoms with Gasteiger partial charge in [-0.05, 0) is 0 Å². The molecule has 1 atom stereocenters. The number of hydrogen-bond acceptors (Lipinski definition) is 0. The summed E-state index contributed by atoms with van der Waals surface area (Å²) in [6, 6.07) is 24.7. The molecule has 2 aromatic rings. The fourth-order valence-electron chi connectivity index (χ4n) is 5.68. The van der Waals surface area contributed by atoms with Gasteiger partial charge >= 0.3 is 213 Å². The van der Waals surface area contributed by atoms with Crippen molar-refractivity contribution in [2.75, 3.05) is 0 Å². The second-order valence-corrected chi connectivity index (χ2v) is 36.8. The number of halogens is 2. The molecule has 1 unspecified atom stereocenters. The zero-order chi connectivity index (χ0) is 23.8. The fourth-order valence-corrected chi connectivity index (χ4v) is 44.3. The van der Waals surface area contributed by atoms with E-state index in [0.29, 0.717) is 5.92 Å². The summed E-state index contributed by atoms with van der Waals surface area (Å²) < 4.78 is 3.86. The molecule has 35 heavy (non-hydrogen) atoms. The molecule has 2 aromatic carbocycles. The van der Waals surface area contributed by atoms with Crippen LogP contribution >= 0.6 is 24.8 Å². The van der Waals surface area contributed by atoms with Gasteiger partial charge in [-0.3, -0.25) is 0 Å². The topological polar surface area (TPSA) is 0 Å². The molecule has 0 bridgehead atoms. The molecule has 0 radical (unpaired) electrons. The summed E-state index contributed by atoms with van der Waals surface area (Å²) in [7, 11) is -1.19. The summed E-state index contributed by atoms with van der Waals surface area (Å²) in [6.45, 7) is 17.3. The van der Waals surface area contributed by atoms with E-state index in [4.69, 9.17) is 0 Å². The van der Waals surface area contributed by atoms with Gasteiger partial charge in [0.15, 0.2) is 0 Å². The first kappa shape index (κ1) is 30.5. The molecular formula is C30H41Cl2HfSi2. The van der Waals surface area contributed by atoms with E-state index in [2.05, 4.69) is 120 Å².